The summed E-state index contributed by atoms with van der Waals surface area (Å²) in [4.78, 5) is 23.1. The van der Waals surface area contributed by atoms with Gasteiger partial charge in [-0.15, -0.1) is 0 Å². The van der Waals surface area contributed by atoms with Crippen LogP contribution in [0.2, 0.25) is 0 Å². The number of amides is 2. The average molecular weight is 172 g/mol. The molecular weight excluding hydrogens is 156 g/mol. The molecule has 0 fully saturated rings. The van der Waals surface area contributed by atoms with Crippen LogP contribution >= 0.6 is 0 Å². The number of hydrogen-bond acceptors (Lipinski definition) is 2. The van der Waals surface area contributed by atoms with Crippen molar-refractivity contribution in [2.75, 3.05) is 14.1 Å². The number of nitrogens with zero attached hydrogens (tertiary/aromatic N) is 1. The summed E-state index contributed by atoms with van der Waals surface area (Å²) in [5, 5.41) is 0. The maximum atomic E-state index is 11.1. The van der Waals surface area contributed by atoms with Gasteiger partial charge in [0.2, 0.25) is 11.8 Å². The summed E-state index contributed by atoms with van der Waals surface area (Å²) in [5.74, 6) is -0.282. The zero-order chi connectivity index (χ0) is 9.72. The fraction of sp³-hybridized carbons (Fsp3) is 0.750. The minimum absolute atomic E-state index is 0.0313. The van der Waals surface area contributed by atoms with Gasteiger partial charge >= 0.3 is 0 Å². The lowest BCUT2D eigenvalue weighted by Crippen LogP contribution is -2.25. The normalized spacial score (nSPS) is 12.2. The molecular formula is C8H16N2O2. The smallest absolute Gasteiger partial charge is 0.222 e. The Morgan fingerprint density at radius 2 is 1.83 bits per heavy atom. The number of carbonyl (C=O) groups excluding carboxylic acids is 2. The van der Waals surface area contributed by atoms with E-state index in [9.17, 15) is 9.59 Å². The van der Waals surface area contributed by atoms with Gasteiger partial charge in [-0.05, 0) is 5.92 Å². The van der Waals surface area contributed by atoms with Gasteiger partial charge in [-0.3, -0.25) is 9.59 Å². The Hall–Kier alpha value is -1.06. The van der Waals surface area contributed by atoms with E-state index in [-0.39, 0.29) is 24.2 Å². The van der Waals surface area contributed by atoms with Crippen molar-refractivity contribution in [3.63, 3.8) is 0 Å². The lowest BCUT2D eigenvalue weighted by atomic mass is 10.0. The summed E-state index contributed by atoms with van der Waals surface area (Å²) >= 11 is 0. The Morgan fingerprint density at radius 3 is 2.17 bits per heavy atom. The van der Waals surface area contributed by atoms with Gasteiger partial charge in [-0.2, -0.15) is 0 Å². The lowest BCUT2D eigenvalue weighted by molar-refractivity contribution is -0.129. The second-order valence-electron chi connectivity index (χ2n) is 3.27. The van der Waals surface area contributed by atoms with Gasteiger partial charge in [0, 0.05) is 26.9 Å². The van der Waals surface area contributed by atoms with Crippen molar-refractivity contribution in [2.24, 2.45) is 11.7 Å². The maximum Gasteiger partial charge on any atom is 0.222 e. The Bertz CT molecular complexity index is 178. The number of primary amides is 1. The molecule has 0 rings (SSSR count). The molecule has 0 saturated carbocycles. The molecule has 2 N–H and O–H groups in total. The molecule has 0 aliphatic rings. The first-order chi connectivity index (χ1) is 5.43. The first-order valence-corrected chi connectivity index (χ1v) is 3.92. The van der Waals surface area contributed by atoms with Gasteiger partial charge in [-0.1, -0.05) is 6.92 Å². The van der Waals surface area contributed by atoms with Gasteiger partial charge in [0.1, 0.15) is 0 Å². The van der Waals surface area contributed by atoms with Crippen molar-refractivity contribution in [3.05, 3.63) is 0 Å². The van der Waals surface area contributed by atoms with Crippen LogP contribution in [0.5, 0.6) is 0 Å². The molecule has 0 unspecified atom stereocenters. The molecule has 0 heterocycles. The van der Waals surface area contributed by atoms with E-state index in [0.717, 1.165) is 0 Å². The molecule has 0 aromatic carbocycles. The zero-order valence-corrected chi connectivity index (χ0v) is 7.83. The van der Waals surface area contributed by atoms with Crippen molar-refractivity contribution >= 4 is 11.8 Å². The fourth-order valence-electron chi connectivity index (χ4n) is 0.896. The van der Waals surface area contributed by atoms with E-state index in [4.69, 9.17) is 5.73 Å². The molecule has 0 aromatic heterocycles. The van der Waals surface area contributed by atoms with E-state index in [1.807, 2.05) is 6.92 Å². The van der Waals surface area contributed by atoms with E-state index in [0.29, 0.717) is 6.42 Å². The van der Waals surface area contributed by atoms with Gasteiger partial charge in [0.15, 0.2) is 0 Å². The summed E-state index contributed by atoms with van der Waals surface area (Å²) in [6.07, 6.45) is 0.662. The fourth-order valence-corrected chi connectivity index (χ4v) is 0.896. The quantitative estimate of drug-likeness (QED) is 0.647. The van der Waals surface area contributed by atoms with E-state index < -0.39 is 0 Å². The summed E-state index contributed by atoms with van der Waals surface area (Å²) in [5.41, 5.74) is 4.98. The summed E-state index contributed by atoms with van der Waals surface area (Å²) in [6, 6.07) is 0. The van der Waals surface area contributed by atoms with Crippen LogP contribution in [0.25, 0.3) is 0 Å². The minimum atomic E-state index is -0.353. The standard InChI is InChI=1S/C8H16N2O2/c1-6(4-7(9)11)5-8(12)10(2)3/h6H,4-5H2,1-3H3,(H2,9,11)/t6-/m1/s1. The van der Waals surface area contributed by atoms with Crippen LogP contribution in [-0.4, -0.2) is 30.8 Å². The predicted molar refractivity (Wildman–Crippen MR) is 46.3 cm³/mol. The van der Waals surface area contributed by atoms with Crippen LogP contribution < -0.4 is 5.73 Å². The second-order valence-corrected chi connectivity index (χ2v) is 3.27. The van der Waals surface area contributed by atoms with E-state index in [2.05, 4.69) is 0 Å². The van der Waals surface area contributed by atoms with Crippen molar-refractivity contribution < 1.29 is 9.59 Å². The van der Waals surface area contributed by atoms with Gasteiger partial charge in [-0.25, -0.2) is 0 Å². The van der Waals surface area contributed by atoms with Crippen LogP contribution in [0.4, 0.5) is 0 Å². The zero-order valence-electron chi connectivity index (χ0n) is 7.83. The molecule has 1 atom stereocenters. The third-order valence-electron chi connectivity index (χ3n) is 1.57. The van der Waals surface area contributed by atoms with Gasteiger partial charge in [0.05, 0.1) is 0 Å². The number of hydrogen-bond donors (Lipinski definition) is 1. The summed E-state index contributed by atoms with van der Waals surface area (Å²) in [7, 11) is 3.39. The lowest BCUT2D eigenvalue weighted by Gasteiger charge is -2.13. The highest BCUT2D eigenvalue weighted by atomic mass is 16.2. The molecule has 0 bridgehead atoms. The minimum Gasteiger partial charge on any atom is -0.370 e. The Kier molecular flexibility index (Phi) is 4.33. The van der Waals surface area contributed by atoms with Crippen LogP contribution in [0.15, 0.2) is 0 Å². The second kappa shape index (κ2) is 4.74. The maximum absolute atomic E-state index is 11.1. The Balaban J connectivity index is 3.76. The summed E-state index contributed by atoms with van der Waals surface area (Å²) in [6.45, 7) is 1.84. The van der Waals surface area contributed by atoms with Gasteiger partial charge < -0.3 is 10.6 Å². The molecule has 0 aliphatic heterocycles. The van der Waals surface area contributed by atoms with E-state index >= 15 is 0 Å². The number of rotatable bonds is 4. The average Bonchev–Trinajstić information content (AvgIpc) is 1.84. The van der Waals surface area contributed by atoms with E-state index in [1.54, 1.807) is 14.1 Å². The third-order valence-corrected chi connectivity index (χ3v) is 1.57. The monoisotopic (exact) mass is 172 g/mol. The number of nitrogens with two attached hydrogens (primary N) is 1. The molecule has 4 heteroatoms. The van der Waals surface area contributed by atoms with Crippen molar-refractivity contribution in [3.8, 4) is 0 Å². The molecule has 2 amide bonds. The molecule has 12 heavy (non-hydrogen) atoms. The molecule has 70 valence electrons. The van der Waals surface area contributed by atoms with Crippen LogP contribution in [0.1, 0.15) is 19.8 Å². The largest absolute Gasteiger partial charge is 0.370 e. The Morgan fingerprint density at radius 1 is 1.33 bits per heavy atom. The van der Waals surface area contributed by atoms with Crippen molar-refractivity contribution in [1.82, 2.24) is 4.90 Å². The highest BCUT2D eigenvalue weighted by Crippen LogP contribution is 2.07. The number of carbonyl (C=O) groups is 2. The molecule has 0 spiro atoms. The highest BCUT2D eigenvalue weighted by Gasteiger charge is 2.12. The first kappa shape index (κ1) is 10.9. The Labute approximate surface area is 72.7 Å². The molecule has 0 aromatic rings. The van der Waals surface area contributed by atoms with Crippen LogP contribution in [0.3, 0.4) is 0 Å². The predicted octanol–water partition coefficient (Wildman–Crippen LogP) is -0.0238. The van der Waals surface area contributed by atoms with Crippen LogP contribution in [-0.2, 0) is 9.59 Å². The third kappa shape index (κ3) is 4.71. The topological polar surface area (TPSA) is 63.4 Å². The molecule has 4 nitrogen and oxygen atoms in total. The highest BCUT2D eigenvalue weighted by molar-refractivity contribution is 5.78. The molecule has 0 aliphatic carbocycles. The molecule has 0 saturated heterocycles. The SMILES string of the molecule is C[C@H](CC(N)=O)CC(=O)N(C)C. The summed E-state index contributed by atoms with van der Waals surface area (Å²) < 4.78 is 0. The van der Waals surface area contributed by atoms with Crippen molar-refractivity contribution in [2.45, 2.75) is 19.8 Å². The van der Waals surface area contributed by atoms with Gasteiger partial charge in [0.25, 0.3) is 0 Å². The first-order valence-electron chi connectivity index (χ1n) is 3.92. The van der Waals surface area contributed by atoms with Crippen molar-refractivity contribution in [1.29, 1.82) is 0 Å². The molecule has 0 radical (unpaired) electrons. The van der Waals surface area contributed by atoms with E-state index in [1.165, 1.54) is 4.90 Å². The van der Waals surface area contributed by atoms with Crippen LogP contribution in [0, 0.1) is 5.92 Å².